The van der Waals surface area contributed by atoms with E-state index in [1.165, 1.54) is 0 Å². The summed E-state index contributed by atoms with van der Waals surface area (Å²) in [6, 6.07) is 22.6. The minimum absolute atomic E-state index is 0.0911. The maximum atomic E-state index is 10.2. The molecule has 0 aliphatic heterocycles. The molecule has 0 saturated heterocycles. The minimum atomic E-state index is 0.0911. The fraction of sp³-hybridized carbons (Fsp3) is 0.0476. The van der Waals surface area contributed by atoms with Crippen molar-refractivity contribution in [3.8, 4) is 17.2 Å². The van der Waals surface area contributed by atoms with Crippen LogP contribution in [0.25, 0.3) is 21.5 Å². The Morgan fingerprint density at radius 3 is 1.96 bits per heavy atom. The first-order valence-electron chi connectivity index (χ1n) is 7.77. The quantitative estimate of drug-likeness (QED) is 0.560. The van der Waals surface area contributed by atoms with Gasteiger partial charge in [0.1, 0.15) is 12.4 Å². The van der Waals surface area contributed by atoms with Crippen LogP contribution in [-0.2, 0) is 6.61 Å². The molecular formula is C21H16O3. The molecule has 0 radical (unpaired) electrons. The van der Waals surface area contributed by atoms with Crippen LogP contribution in [0.2, 0.25) is 0 Å². The van der Waals surface area contributed by atoms with E-state index < -0.39 is 0 Å². The van der Waals surface area contributed by atoms with Gasteiger partial charge in [0.05, 0.1) is 0 Å². The summed E-state index contributed by atoms with van der Waals surface area (Å²) in [7, 11) is 0. The van der Waals surface area contributed by atoms with E-state index in [1.54, 1.807) is 12.1 Å². The number of ether oxygens (including phenoxy) is 1. The molecule has 0 aliphatic rings. The summed E-state index contributed by atoms with van der Waals surface area (Å²) in [5, 5.41) is 24.2. The van der Waals surface area contributed by atoms with Crippen LogP contribution in [0.5, 0.6) is 17.2 Å². The standard InChI is InChI=1S/C21H16O3/c22-19-11-9-14-5-1-3-7-16(14)18(19)13-24-21-17-8-4-2-6-15(17)10-12-20(21)23/h1-12,22-23H,13H2. The number of hydrogen-bond donors (Lipinski definition) is 2. The van der Waals surface area contributed by atoms with E-state index in [-0.39, 0.29) is 18.1 Å². The molecule has 24 heavy (non-hydrogen) atoms. The van der Waals surface area contributed by atoms with E-state index in [0.717, 1.165) is 21.5 Å². The Hall–Kier alpha value is -3.20. The highest BCUT2D eigenvalue weighted by molar-refractivity contribution is 5.91. The van der Waals surface area contributed by atoms with Gasteiger partial charge in [-0.3, -0.25) is 0 Å². The second kappa shape index (κ2) is 5.78. The Kier molecular flexibility index (Phi) is 3.47. The zero-order valence-electron chi connectivity index (χ0n) is 12.9. The van der Waals surface area contributed by atoms with E-state index in [0.29, 0.717) is 11.3 Å². The van der Waals surface area contributed by atoms with Crippen LogP contribution in [0.4, 0.5) is 0 Å². The molecule has 0 atom stereocenters. The van der Waals surface area contributed by atoms with E-state index in [9.17, 15) is 10.2 Å². The second-order valence-corrected chi connectivity index (χ2v) is 5.71. The van der Waals surface area contributed by atoms with Gasteiger partial charge in [0.2, 0.25) is 0 Å². The number of rotatable bonds is 3. The van der Waals surface area contributed by atoms with E-state index in [4.69, 9.17) is 4.74 Å². The van der Waals surface area contributed by atoms with Crippen molar-refractivity contribution in [2.24, 2.45) is 0 Å². The average Bonchev–Trinajstić information content (AvgIpc) is 2.62. The highest BCUT2D eigenvalue weighted by atomic mass is 16.5. The van der Waals surface area contributed by atoms with Crippen molar-refractivity contribution in [3.63, 3.8) is 0 Å². The lowest BCUT2D eigenvalue weighted by molar-refractivity contribution is 0.288. The zero-order chi connectivity index (χ0) is 16.5. The molecule has 0 spiro atoms. The predicted molar refractivity (Wildman–Crippen MR) is 95.6 cm³/mol. The molecule has 0 saturated carbocycles. The first-order valence-corrected chi connectivity index (χ1v) is 7.77. The molecule has 3 heteroatoms. The van der Waals surface area contributed by atoms with Crippen molar-refractivity contribution in [1.82, 2.24) is 0 Å². The SMILES string of the molecule is Oc1ccc2ccccc2c1COc1c(O)ccc2ccccc12. The highest BCUT2D eigenvalue weighted by Crippen LogP contribution is 2.36. The van der Waals surface area contributed by atoms with Crippen molar-refractivity contribution in [3.05, 3.63) is 78.4 Å². The van der Waals surface area contributed by atoms with Crippen LogP contribution in [0, 0.1) is 0 Å². The van der Waals surface area contributed by atoms with Gasteiger partial charge in [-0.05, 0) is 28.3 Å². The molecule has 4 rings (SSSR count). The van der Waals surface area contributed by atoms with Gasteiger partial charge in [-0.2, -0.15) is 0 Å². The lowest BCUT2D eigenvalue weighted by atomic mass is 10.0. The molecule has 0 fully saturated rings. The molecular weight excluding hydrogens is 300 g/mol. The summed E-state index contributed by atoms with van der Waals surface area (Å²) in [6.45, 7) is 0.175. The molecule has 0 unspecified atom stereocenters. The number of phenolic OH excluding ortho intramolecular Hbond substituents is 2. The Morgan fingerprint density at radius 1 is 0.625 bits per heavy atom. The third kappa shape index (κ3) is 2.40. The van der Waals surface area contributed by atoms with Crippen molar-refractivity contribution < 1.29 is 14.9 Å². The minimum Gasteiger partial charge on any atom is -0.508 e. The first-order chi connectivity index (χ1) is 11.7. The fourth-order valence-electron chi connectivity index (χ4n) is 3.00. The molecule has 2 N–H and O–H groups in total. The summed E-state index contributed by atoms with van der Waals surface area (Å²) < 4.78 is 5.92. The fourth-order valence-corrected chi connectivity index (χ4v) is 3.00. The normalized spacial score (nSPS) is 11.0. The molecule has 0 bridgehead atoms. The van der Waals surface area contributed by atoms with Crippen LogP contribution >= 0.6 is 0 Å². The van der Waals surface area contributed by atoms with Crippen LogP contribution in [0.15, 0.2) is 72.8 Å². The van der Waals surface area contributed by atoms with E-state index >= 15 is 0 Å². The number of hydrogen-bond acceptors (Lipinski definition) is 3. The summed E-state index contributed by atoms with van der Waals surface area (Å²) in [4.78, 5) is 0. The third-order valence-corrected chi connectivity index (χ3v) is 4.24. The van der Waals surface area contributed by atoms with Crippen molar-refractivity contribution in [2.45, 2.75) is 6.61 Å². The van der Waals surface area contributed by atoms with Gasteiger partial charge in [0.25, 0.3) is 0 Å². The smallest absolute Gasteiger partial charge is 0.169 e. The Balaban J connectivity index is 1.77. The molecule has 118 valence electrons. The van der Waals surface area contributed by atoms with Gasteiger partial charge in [-0.15, -0.1) is 0 Å². The summed E-state index contributed by atoms with van der Waals surface area (Å²) >= 11 is 0. The Morgan fingerprint density at radius 2 is 1.21 bits per heavy atom. The summed E-state index contributed by atoms with van der Waals surface area (Å²) in [5.74, 6) is 0.710. The van der Waals surface area contributed by atoms with Crippen molar-refractivity contribution >= 4 is 21.5 Å². The number of phenols is 2. The second-order valence-electron chi connectivity index (χ2n) is 5.71. The molecule has 0 aromatic heterocycles. The van der Waals surface area contributed by atoms with E-state index in [1.807, 2.05) is 60.7 Å². The van der Waals surface area contributed by atoms with Gasteiger partial charge in [-0.1, -0.05) is 60.7 Å². The predicted octanol–water partition coefficient (Wildman–Crippen LogP) is 4.98. The van der Waals surface area contributed by atoms with Gasteiger partial charge < -0.3 is 14.9 Å². The third-order valence-electron chi connectivity index (χ3n) is 4.24. The van der Waals surface area contributed by atoms with Gasteiger partial charge in [0.15, 0.2) is 11.5 Å². The number of benzene rings is 4. The Labute approximate surface area is 139 Å². The van der Waals surface area contributed by atoms with Gasteiger partial charge in [0, 0.05) is 10.9 Å². The number of fused-ring (bicyclic) bond motifs is 2. The lowest BCUT2D eigenvalue weighted by Crippen LogP contribution is -1.98. The molecule has 4 aromatic rings. The van der Waals surface area contributed by atoms with Crippen molar-refractivity contribution in [1.29, 1.82) is 0 Å². The summed E-state index contributed by atoms with van der Waals surface area (Å²) in [5.41, 5.74) is 0.709. The highest BCUT2D eigenvalue weighted by Gasteiger charge is 2.12. The monoisotopic (exact) mass is 316 g/mol. The topological polar surface area (TPSA) is 49.7 Å². The zero-order valence-corrected chi connectivity index (χ0v) is 12.9. The van der Waals surface area contributed by atoms with Gasteiger partial charge in [-0.25, -0.2) is 0 Å². The van der Waals surface area contributed by atoms with Crippen LogP contribution in [0.1, 0.15) is 5.56 Å². The maximum Gasteiger partial charge on any atom is 0.169 e. The molecule has 0 heterocycles. The van der Waals surface area contributed by atoms with Crippen LogP contribution < -0.4 is 4.74 Å². The van der Waals surface area contributed by atoms with Crippen LogP contribution in [-0.4, -0.2) is 10.2 Å². The van der Waals surface area contributed by atoms with Crippen LogP contribution in [0.3, 0.4) is 0 Å². The lowest BCUT2D eigenvalue weighted by Gasteiger charge is -2.14. The number of aromatic hydroxyl groups is 2. The molecule has 0 amide bonds. The average molecular weight is 316 g/mol. The van der Waals surface area contributed by atoms with Crippen molar-refractivity contribution in [2.75, 3.05) is 0 Å². The van der Waals surface area contributed by atoms with E-state index in [2.05, 4.69) is 0 Å². The molecule has 4 aromatic carbocycles. The van der Waals surface area contributed by atoms with Gasteiger partial charge >= 0.3 is 0 Å². The molecule has 0 aliphatic carbocycles. The largest absolute Gasteiger partial charge is 0.508 e. The summed E-state index contributed by atoms with van der Waals surface area (Å²) in [6.07, 6.45) is 0. The molecule has 3 nitrogen and oxygen atoms in total. The Bertz CT molecular complexity index is 952. The first kappa shape index (κ1) is 14.4. The maximum absolute atomic E-state index is 10.2.